The Bertz CT molecular complexity index is 928. The number of rotatable bonds is 5. The van der Waals surface area contributed by atoms with Gasteiger partial charge in [0.05, 0.1) is 10.9 Å². The minimum atomic E-state index is -0.536. The first kappa shape index (κ1) is 17.2. The lowest BCUT2D eigenvalue weighted by Crippen LogP contribution is -2.27. The molecule has 3 aromatic rings. The van der Waals surface area contributed by atoms with E-state index >= 15 is 0 Å². The molecule has 0 saturated carbocycles. The summed E-state index contributed by atoms with van der Waals surface area (Å²) in [5, 5.41) is 5.99. The number of hydrogen-bond acceptors (Lipinski definition) is 5. The quantitative estimate of drug-likeness (QED) is 0.655. The van der Waals surface area contributed by atoms with Crippen molar-refractivity contribution in [3.63, 3.8) is 0 Å². The molecule has 8 heteroatoms. The molecule has 26 heavy (non-hydrogen) atoms. The predicted octanol–water partition coefficient (Wildman–Crippen LogP) is 4.15. The highest BCUT2D eigenvalue weighted by molar-refractivity contribution is 7.09. The van der Waals surface area contributed by atoms with Crippen molar-refractivity contribution in [2.75, 3.05) is 13.1 Å². The number of likely N-dealkylation sites (tertiary alicyclic amines) is 1. The molecular formula is C18H15ClFN3O2S. The smallest absolute Gasteiger partial charge is 0.232 e. The summed E-state index contributed by atoms with van der Waals surface area (Å²) in [6.45, 7) is 1.24. The van der Waals surface area contributed by atoms with Crippen LogP contribution in [0.3, 0.4) is 0 Å². The summed E-state index contributed by atoms with van der Waals surface area (Å²) >= 11 is 7.38. The highest BCUT2D eigenvalue weighted by Crippen LogP contribution is 2.29. The van der Waals surface area contributed by atoms with Gasteiger partial charge in [-0.2, -0.15) is 4.98 Å². The molecule has 0 radical (unpaired) electrons. The lowest BCUT2D eigenvalue weighted by molar-refractivity contribution is -0.127. The van der Waals surface area contributed by atoms with Crippen molar-refractivity contribution in [2.24, 2.45) is 0 Å². The van der Waals surface area contributed by atoms with E-state index in [9.17, 15) is 9.18 Å². The number of aromatic nitrogens is 2. The van der Waals surface area contributed by atoms with Gasteiger partial charge in [0, 0.05) is 30.0 Å². The molecule has 1 aliphatic heterocycles. The van der Waals surface area contributed by atoms with Crippen molar-refractivity contribution < 1.29 is 13.7 Å². The summed E-state index contributed by atoms with van der Waals surface area (Å²) in [6, 6.07) is 8.43. The van der Waals surface area contributed by atoms with E-state index in [1.165, 1.54) is 17.0 Å². The molecule has 0 N–H and O–H groups in total. The Balaban J connectivity index is 1.44. The van der Waals surface area contributed by atoms with Gasteiger partial charge in [0.25, 0.3) is 0 Å². The van der Waals surface area contributed by atoms with Gasteiger partial charge in [-0.1, -0.05) is 22.8 Å². The third kappa shape index (κ3) is 3.50. The minimum absolute atomic E-state index is 0.0419. The lowest BCUT2D eigenvalue weighted by Gasteiger charge is -2.15. The number of carbonyl (C=O) groups is 1. The van der Waals surface area contributed by atoms with Crippen LogP contribution in [-0.4, -0.2) is 34.0 Å². The van der Waals surface area contributed by atoms with E-state index in [4.69, 9.17) is 16.1 Å². The van der Waals surface area contributed by atoms with Crippen LogP contribution in [0.4, 0.5) is 4.39 Å². The Morgan fingerprint density at radius 1 is 1.38 bits per heavy atom. The number of hydrogen-bond donors (Lipinski definition) is 0. The monoisotopic (exact) mass is 391 g/mol. The van der Waals surface area contributed by atoms with E-state index in [0.29, 0.717) is 36.8 Å². The van der Waals surface area contributed by atoms with Gasteiger partial charge in [-0.15, -0.1) is 11.3 Å². The highest BCUT2D eigenvalue weighted by atomic mass is 35.5. The molecule has 1 amide bonds. The molecule has 3 heterocycles. The maximum absolute atomic E-state index is 13.6. The molecular weight excluding hydrogens is 377 g/mol. The van der Waals surface area contributed by atoms with Gasteiger partial charge < -0.3 is 9.42 Å². The SMILES string of the molecule is O=C1CC(c2nc(-c3ccc(Cl)c(F)c3)no2)CN1CCc1cccs1. The number of nitrogens with zero attached hydrogens (tertiary/aromatic N) is 3. The van der Waals surface area contributed by atoms with Crippen LogP contribution in [-0.2, 0) is 11.2 Å². The van der Waals surface area contributed by atoms with Crippen LogP contribution < -0.4 is 0 Å². The van der Waals surface area contributed by atoms with Gasteiger partial charge in [-0.3, -0.25) is 4.79 Å². The van der Waals surface area contributed by atoms with E-state index in [0.717, 1.165) is 6.42 Å². The first-order valence-electron chi connectivity index (χ1n) is 8.19. The average Bonchev–Trinajstić information content (AvgIpc) is 3.36. The molecule has 0 aliphatic carbocycles. The van der Waals surface area contributed by atoms with Gasteiger partial charge in [0.2, 0.25) is 17.6 Å². The van der Waals surface area contributed by atoms with Crippen LogP contribution in [0, 0.1) is 5.82 Å². The molecule has 5 nitrogen and oxygen atoms in total. The Morgan fingerprint density at radius 2 is 2.27 bits per heavy atom. The van der Waals surface area contributed by atoms with Crippen molar-refractivity contribution in [1.29, 1.82) is 0 Å². The van der Waals surface area contributed by atoms with Gasteiger partial charge in [-0.25, -0.2) is 4.39 Å². The second kappa shape index (κ2) is 7.17. The van der Waals surface area contributed by atoms with Crippen molar-refractivity contribution >= 4 is 28.8 Å². The zero-order valence-corrected chi connectivity index (χ0v) is 15.3. The largest absolute Gasteiger partial charge is 0.342 e. The maximum atomic E-state index is 13.6. The fourth-order valence-electron chi connectivity index (χ4n) is 3.01. The first-order valence-corrected chi connectivity index (χ1v) is 9.45. The number of amides is 1. The van der Waals surface area contributed by atoms with E-state index in [1.807, 2.05) is 16.3 Å². The summed E-state index contributed by atoms with van der Waals surface area (Å²) < 4.78 is 18.9. The Labute approximate surface area is 158 Å². The second-order valence-corrected chi connectivity index (χ2v) is 7.59. The third-order valence-corrected chi connectivity index (χ3v) is 5.63. The average molecular weight is 392 g/mol. The fraction of sp³-hybridized carbons (Fsp3) is 0.278. The summed E-state index contributed by atoms with van der Waals surface area (Å²) in [5.74, 6) is 0.113. The number of thiophene rings is 1. The summed E-state index contributed by atoms with van der Waals surface area (Å²) in [4.78, 5) is 19.7. The van der Waals surface area contributed by atoms with E-state index in [-0.39, 0.29) is 16.8 Å². The van der Waals surface area contributed by atoms with Crippen LogP contribution in [0.2, 0.25) is 5.02 Å². The van der Waals surface area contributed by atoms with Crippen LogP contribution in [0.1, 0.15) is 23.1 Å². The predicted molar refractivity (Wildman–Crippen MR) is 96.7 cm³/mol. The first-order chi connectivity index (χ1) is 12.6. The molecule has 2 aromatic heterocycles. The van der Waals surface area contributed by atoms with Crippen LogP contribution in [0.15, 0.2) is 40.2 Å². The van der Waals surface area contributed by atoms with Crippen LogP contribution >= 0.6 is 22.9 Å². The fourth-order valence-corrected chi connectivity index (χ4v) is 3.82. The molecule has 0 bridgehead atoms. The van der Waals surface area contributed by atoms with Gasteiger partial charge in [0.15, 0.2) is 0 Å². The third-order valence-electron chi connectivity index (χ3n) is 4.39. The van der Waals surface area contributed by atoms with Crippen LogP contribution in [0.5, 0.6) is 0 Å². The standard InChI is InChI=1S/C18H15ClFN3O2S/c19-14-4-3-11(8-15(14)20)17-21-18(25-22-17)12-9-16(24)23(10-12)6-5-13-2-1-7-26-13/h1-4,7-8,12H,5-6,9-10H2. The summed E-state index contributed by atoms with van der Waals surface area (Å²) in [7, 11) is 0. The van der Waals surface area contributed by atoms with Crippen LogP contribution in [0.25, 0.3) is 11.4 Å². The zero-order valence-electron chi connectivity index (χ0n) is 13.7. The zero-order chi connectivity index (χ0) is 18.1. The van der Waals surface area contributed by atoms with E-state index in [1.54, 1.807) is 17.4 Å². The number of benzene rings is 1. The molecule has 1 saturated heterocycles. The molecule has 1 aromatic carbocycles. The molecule has 134 valence electrons. The molecule has 1 atom stereocenters. The van der Waals surface area contributed by atoms with Crippen molar-refractivity contribution in [2.45, 2.75) is 18.8 Å². The summed E-state index contributed by atoms with van der Waals surface area (Å²) in [6.07, 6.45) is 1.19. The van der Waals surface area contributed by atoms with E-state index in [2.05, 4.69) is 16.2 Å². The summed E-state index contributed by atoms with van der Waals surface area (Å²) in [5.41, 5.74) is 0.487. The maximum Gasteiger partial charge on any atom is 0.232 e. The Kier molecular flexibility index (Phi) is 4.74. The number of halogens is 2. The van der Waals surface area contributed by atoms with Crippen molar-refractivity contribution in [1.82, 2.24) is 15.0 Å². The molecule has 1 unspecified atom stereocenters. The molecule has 0 spiro atoms. The van der Waals surface area contributed by atoms with Gasteiger partial charge >= 0.3 is 0 Å². The number of carbonyl (C=O) groups excluding carboxylic acids is 1. The minimum Gasteiger partial charge on any atom is -0.342 e. The molecule has 1 fully saturated rings. The Hall–Kier alpha value is -2.25. The highest BCUT2D eigenvalue weighted by Gasteiger charge is 2.34. The molecule has 1 aliphatic rings. The van der Waals surface area contributed by atoms with Gasteiger partial charge in [-0.05, 0) is 36.1 Å². The van der Waals surface area contributed by atoms with E-state index < -0.39 is 5.82 Å². The van der Waals surface area contributed by atoms with Crippen molar-refractivity contribution in [3.05, 3.63) is 57.3 Å². The second-order valence-electron chi connectivity index (χ2n) is 6.16. The van der Waals surface area contributed by atoms with Crippen molar-refractivity contribution in [3.8, 4) is 11.4 Å². The van der Waals surface area contributed by atoms with Gasteiger partial charge in [0.1, 0.15) is 5.82 Å². The topological polar surface area (TPSA) is 59.2 Å². The Morgan fingerprint density at radius 3 is 3.04 bits per heavy atom. The normalized spacial score (nSPS) is 17.2. The lowest BCUT2D eigenvalue weighted by atomic mass is 10.1. The molecule has 4 rings (SSSR count).